The summed E-state index contributed by atoms with van der Waals surface area (Å²) in [6.45, 7) is 1.72. The predicted octanol–water partition coefficient (Wildman–Crippen LogP) is 1.92. The fourth-order valence-corrected chi connectivity index (χ4v) is 1.10. The number of halogens is 3. The maximum Gasteiger partial charge on any atom is 0.471 e. The number of carbonyl (C=O) groups excluding carboxylic acids is 1. The van der Waals surface area contributed by atoms with Gasteiger partial charge in [0.05, 0.1) is 6.61 Å². The summed E-state index contributed by atoms with van der Waals surface area (Å²) < 4.78 is 50.1. The second-order valence-corrected chi connectivity index (χ2v) is 3.18. The summed E-state index contributed by atoms with van der Waals surface area (Å²) in [7, 11) is 0. The van der Waals surface area contributed by atoms with Crippen LogP contribution in [0.4, 0.5) is 13.2 Å². The van der Waals surface area contributed by atoms with Gasteiger partial charge in [-0.2, -0.15) is 23.1 Å². The molecule has 0 aliphatic rings. The molecule has 2 aromatic rings. The van der Waals surface area contributed by atoms with Crippen molar-refractivity contribution in [3.8, 4) is 11.7 Å². The van der Waals surface area contributed by atoms with E-state index in [1.807, 2.05) is 0 Å². The molecule has 0 spiro atoms. The molecule has 7 nitrogen and oxygen atoms in total. The molecule has 0 bridgehead atoms. The molecule has 2 heterocycles. The topological polar surface area (TPSA) is 91.2 Å². The van der Waals surface area contributed by atoms with E-state index in [4.69, 9.17) is 4.42 Å². The van der Waals surface area contributed by atoms with Crippen LogP contribution in [-0.2, 0) is 10.9 Å². The molecule has 2 rings (SSSR count). The van der Waals surface area contributed by atoms with E-state index in [9.17, 15) is 18.0 Å². The Labute approximate surface area is 103 Å². The number of ether oxygens (including phenoxy) is 1. The van der Waals surface area contributed by atoms with Gasteiger partial charge in [-0.3, -0.25) is 0 Å². The van der Waals surface area contributed by atoms with E-state index >= 15 is 0 Å². The minimum atomic E-state index is -4.76. The lowest BCUT2D eigenvalue weighted by Crippen LogP contribution is -2.05. The number of hydrogen-bond donors (Lipinski definition) is 0. The number of hydrogen-bond acceptors (Lipinski definition) is 7. The lowest BCUT2D eigenvalue weighted by atomic mass is 10.5. The standard InChI is InChI=1S/C9H6F3N3O4/c1-2-17-7(16)4-3-18-6(13-4)5-14-8(19-15-5)9(10,11)12/h3H,2H2,1H3. The molecule has 0 saturated heterocycles. The van der Waals surface area contributed by atoms with Gasteiger partial charge < -0.3 is 13.7 Å². The average Bonchev–Trinajstić information content (AvgIpc) is 2.97. The first kappa shape index (κ1) is 13.1. The van der Waals surface area contributed by atoms with Crippen LogP contribution in [0.1, 0.15) is 23.3 Å². The highest BCUT2D eigenvalue weighted by Gasteiger charge is 2.39. The van der Waals surface area contributed by atoms with Crippen LogP contribution in [0.5, 0.6) is 0 Å². The number of carbonyl (C=O) groups is 1. The van der Waals surface area contributed by atoms with Crippen LogP contribution >= 0.6 is 0 Å². The van der Waals surface area contributed by atoms with Gasteiger partial charge in [0.2, 0.25) is 0 Å². The monoisotopic (exact) mass is 277 g/mol. The first-order chi connectivity index (χ1) is 8.91. The van der Waals surface area contributed by atoms with Crippen molar-refractivity contribution in [1.29, 1.82) is 0 Å². The van der Waals surface area contributed by atoms with Crippen LogP contribution in [-0.4, -0.2) is 27.7 Å². The zero-order valence-electron chi connectivity index (χ0n) is 9.39. The molecule has 2 aromatic heterocycles. The van der Waals surface area contributed by atoms with Crippen molar-refractivity contribution in [3.63, 3.8) is 0 Å². The maximum absolute atomic E-state index is 12.2. The Morgan fingerprint density at radius 1 is 1.42 bits per heavy atom. The zero-order chi connectivity index (χ0) is 14.0. The third kappa shape index (κ3) is 2.72. The molecule has 0 unspecified atom stereocenters. The fraction of sp³-hybridized carbons (Fsp3) is 0.333. The summed E-state index contributed by atoms with van der Waals surface area (Å²) in [5.41, 5.74) is -0.199. The van der Waals surface area contributed by atoms with Crippen molar-refractivity contribution in [3.05, 3.63) is 17.8 Å². The molecular formula is C9H6F3N3O4. The molecule has 0 aromatic carbocycles. The molecule has 0 fully saturated rings. The number of alkyl halides is 3. The van der Waals surface area contributed by atoms with Crippen LogP contribution in [0.15, 0.2) is 15.2 Å². The highest BCUT2D eigenvalue weighted by Crippen LogP contribution is 2.29. The van der Waals surface area contributed by atoms with Crippen LogP contribution in [0.2, 0.25) is 0 Å². The summed E-state index contributed by atoms with van der Waals surface area (Å²) in [5, 5.41) is 3.06. The lowest BCUT2D eigenvalue weighted by Gasteiger charge is -1.95. The first-order valence-electron chi connectivity index (χ1n) is 4.95. The normalized spacial score (nSPS) is 11.6. The Morgan fingerprint density at radius 2 is 2.16 bits per heavy atom. The number of esters is 1. The van der Waals surface area contributed by atoms with Crippen molar-refractivity contribution < 1.29 is 31.6 Å². The number of nitrogens with zero attached hydrogens (tertiary/aromatic N) is 3. The Hall–Kier alpha value is -2.39. The molecule has 19 heavy (non-hydrogen) atoms. The fourth-order valence-electron chi connectivity index (χ4n) is 1.10. The molecule has 0 amide bonds. The van der Waals surface area contributed by atoms with Gasteiger partial charge in [-0.15, -0.1) is 0 Å². The average molecular weight is 277 g/mol. The maximum atomic E-state index is 12.2. The molecule has 0 aliphatic heterocycles. The van der Waals surface area contributed by atoms with Crippen molar-refractivity contribution in [2.24, 2.45) is 0 Å². The molecule has 0 aliphatic carbocycles. The van der Waals surface area contributed by atoms with Gasteiger partial charge in [-0.25, -0.2) is 4.79 Å². The van der Waals surface area contributed by atoms with E-state index in [0.29, 0.717) is 0 Å². The molecule has 0 N–H and O–H groups in total. The van der Waals surface area contributed by atoms with E-state index in [1.165, 1.54) is 0 Å². The Bertz CT molecular complexity index is 590. The molecular weight excluding hydrogens is 271 g/mol. The van der Waals surface area contributed by atoms with Crippen LogP contribution < -0.4 is 0 Å². The predicted molar refractivity (Wildman–Crippen MR) is 50.8 cm³/mol. The smallest absolute Gasteiger partial charge is 0.461 e. The summed E-state index contributed by atoms with van der Waals surface area (Å²) in [4.78, 5) is 17.9. The summed E-state index contributed by atoms with van der Waals surface area (Å²) in [6, 6.07) is 0. The largest absolute Gasteiger partial charge is 0.471 e. The van der Waals surface area contributed by atoms with Crippen molar-refractivity contribution in [1.82, 2.24) is 15.1 Å². The molecule has 102 valence electrons. The van der Waals surface area contributed by atoms with E-state index in [2.05, 4.69) is 24.4 Å². The van der Waals surface area contributed by atoms with E-state index in [0.717, 1.165) is 6.26 Å². The Morgan fingerprint density at radius 3 is 2.74 bits per heavy atom. The number of aromatic nitrogens is 3. The van der Waals surface area contributed by atoms with Crippen molar-refractivity contribution in [2.45, 2.75) is 13.1 Å². The first-order valence-corrected chi connectivity index (χ1v) is 4.95. The molecule has 0 radical (unpaired) electrons. The summed E-state index contributed by atoms with van der Waals surface area (Å²) in [6.07, 6.45) is -3.83. The van der Waals surface area contributed by atoms with Gasteiger partial charge in [-0.1, -0.05) is 5.16 Å². The van der Waals surface area contributed by atoms with E-state index in [-0.39, 0.29) is 18.2 Å². The van der Waals surface area contributed by atoms with E-state index < -0.39 is 23.9 Å². The van der Waals surface area contributed by atoms with Crippen LogP contribution in [0.25, 0.3) is 11.7 Å². The van der Waals surface area contributed by atoms with E-state index in [1.54, 1.807) is 6.92 Å². The lowest BCUT2D eigenvalue weighted by molar-refractivity contribution is -0.159. The Balaban J connectivity index is 2.23. The highest BCUT2D eigenvalue weighted by molar-refractivity contribution is 5.87. The highest BCUT2D eigenvalue weighted by atomic mass is 19.4. The van der Waals surface area contributed by atoms with Crippen molar-refractivity contribution in [2.75, 3.05) is 6.61 Å². The third-order valence-corrected chi connectivity index (χ3v) is 1.85. The quantitative estimate of drug-likeness (QED) is 0.791. The summed E-state index contributed by atoms with van der Waals surface area (Å²) >= 11 is 0. The van der Waals surface area contributed by atoms with Gasteiger partial charge in [0.1, 0.15) is 6.26 Å². The molecule has 0 atom stereocenters. The number of oxazole rings is 1. The van der Waals surface area contributed by atoms with Gasteiger partial charge >= 0.3 is 18.0 Å². The third-order valence-electron chi connectivity index (χ3n) is 1.85. The van der Waals surface area contributed by atoms with Gasteiger partial charge in [-0.05, 0) is 6.92 Å². The molecule has 0 saturated carbocycles. The summed E-state index contributed by atoms with van der Waals surface area (Å²) in [5.74, 6) is -3.18. The van der Waals surface area contributed by atoms with Crippen LogP contribution in [0.3, 0.4) is 0 Å². The Kier molecular flexibility index (Phi) is 3.23. The van der Waals surface area contributed by atoms with Gasteiger partial charge in [0, 0.05) is 0 Å². The molecule has 10 heteroatoms. The number of rotatable bonds is 3. The second-order valence-electron chi connectivity index (χ2n) is 3.18. The van der Waals surface area contributed by atoms with Gasteiger partial charge in [0.15, 0.2) is 5.69 Å². The minimum Gasteiger partial charge on any atom is -0.461 e. The van der Waals surface area contributed by atoms with Crippen molar-refractivity contribution >= 4 is 5.97 Å². The SMILES string of the molecule is CCOC(=O)c1coc(-c2noc(C(F)(F)F)n2)n1. The van der Waals surface area contributed by atoms with Crippen LogP contribution in [0, 0.1) is 0 Å². The zero-order valence-corrected chi connectivity index (χ0v) is 9.39. The minimum absolute atomic E-state index is 0.126. The second kappa shape index (κ2) is 4.71. The van der Waals surface area contributed by atoms with Gasteiger partial charge in [0.25, 0.3) is 11.7 Å².